The highest BCUT2D eigenvalue weighted by Gasteiger charge is 2.43. The third kappa shape index (κ3) is 3.87. The fourth-order valence-electron chi connectivity index (χ4n) is 2.21. The summed E-state index contributed by atoms with van der Waals surface area (Å²) >= 11 is 0. The summed E-state index contributed by atoms with van der Waals surface area (Å²) in [5.41, 5.74) is 0.00632. The van der Waals surface area contributed by atoms with Crippen LogP contribution < -0.4 is 0 Å². The Morgan fingerprint density at radius 1 is 1.33 bits per heavy atom. The van der Waals surface area contributed by atoms with Gasteiger partial charge < -0.3 is 8.95 Å². The molecule has 0 aromatic carbocycles. The van der Waals surface area contributed by atoms with Gasteiger partial charge in [-0.25, -0.2) is 0 Å². The molecule has 3 nitrogen and oxygen atoms in total. The van der Waals surface area contributed by atoms with Crippen LogP contribution >= 0.6 is 0 Å². The molecule has 0 aromatic rings. The quantitative estimate of drug-likeness (QED) is 0.548. The molecule has 0 aliphatic carbocycles. The third-order valence-corrected chi connectivity index (χ3v) is 5.82. The first-order valence-corrected chi connectivity index (χ1v) is 8.57. The van der Waals surface area contributed by atoms with Crippen LogP contribution in [-0.4, -0.2) is 32.3 Å². The number of hydrogen-bond donors (Lipinski definition) is 0. The minimum absolute atomic E-state index is 0.00632. The zero-order chi connectivity index (χ0) is 11.5. The number of hydrogen-bond acceptors (Lipinski definition) is 3. The van der Waals surface area contributed by atoms with Crippen molar-refractivity contribution >= 4 is 8.56 Å². The van der Waals surface area contributed by atoms with E-state index in [9.17, 15) is 0 Å². The van der Waals surface area contributed by atoms with E-state index in [4.69, 9.17) is 8.95 Å². The summed E-state index contributed by atoms with van der Waals surface area (Å²) in [5, 5.41) is 2.02. The van der Waals surface area contributed by atoms with Gasteiger partial charge in [-0.15, -0.1) is 0 Å². The maximum atomic E-state index is 6.17. The van der Waals surface area contributed by atoms with Crippen LogP contribution in [0.3, 0.4) is 0 Å². The number of nitrogens with zero attached hydrogens (tertiary/aromatic N) is 1. The minimum Gasteiger partial charge on any atom is -0.388 e. The smallest absolute Gasteiger partial charge is 0.355 e. The number of rotatable bonds is 4. The molecule has 4 heteroatoms. The standard InChI is InChI=1S/C11H25NO2Si/c1-6-12(7-2)14-15(5)10-8-9-11(3,4)13-15/h6-10H2,1-5H3. The molecule has 1 heterocycles. The van der Waals surface area contributed by atoms with Crippen molar-refractivity contribution in [2.75, 3.05) is 13.1 Å². The van der Waals surface area contributed by atoms with Gasteiger partial charge in [0.2, 0.25) is 0 Å². The van der Waals surface area contributed by atoms with E-state index in [1.54, 1.807) is 0 Å². The van der Waals surface area contributed by atoms with Crippen molar-refractivity contribution in [2.45, 2.75) is 58.7 Å². The third-order valence-electron chi connectivity index (χ3n) is 2.93. The largest absolute Gasteiger partial charge is 0.388 e. The molecule has 1 aliphatic heterocycles. The first-order valence-electron chi connectivity index (χ1n) is 6.05. The lowest BCUT2D eigenvalue weighted by Crippen LogP contribution is -2.52. The van der Waals surface area contributed by atoms with Gasteiger partial charge in [-0.1, -0.05) is 13.8 Å². The van der Waals surface area contributed by atoms with Crippen molar-refractivity contribution in [3.63, 3.8) is 0 Å². The van der Waals surface area contributed by atoms with Crippen LogP contribution in [0.5, 0.6) is 0 Å². The monoisotopic (exact) mass is 231 g/mol. The highest BCUT2D eigenvalue weighted by Crippen LogP contribution is 2.33. The second kappa shape index (κ2) is 4.95. The van der Waals surface area contributed by atoms with E-state index in [1.807, 2.05) is 5.06 Å². The first kappa shape index (κ1) is 13.2. The van der Waals surface area contributed by atoms with Crippen molar-refractivity contribution in [2.24, 2.45) is 0 Å². The van der Waals surface area contributed by atoms with Gasteiger partial charge in [0.1, 0.15) is 0 Å². The van der Waals surface area contributed by atoms with Gasteiger partial charge in [-0.05, 0) is 39.3 Å². The number of hydroxylamine groups is 2. The van der Waals surface area contributed by atoms with E-state index in [1.165, 1.54) is 6.42 Å². The molecule has 15 heavy (non-hydrogen) atoms. The summed E-state index contributed by atoms with van der Waals surface area (Å²) in [4.78, 5) is 0. The zero-order valence-corrected chi connectivity index (χ0v) is 11.8. The molecule has 1 atom stereocenters. The Bertz CT molecular complexity index is 207. The lowest BCUT2D eigenvalue weighted by atomic mass is 10.0. The van der Waals surface area contributed by atoms with E-state index < -0.39 is 8.56 Å². The predicted molar refractivity (Wildman–Crippen MR) is 64.8 cm³/mol. The Morgan fingerprint density at radius 3 is 2.40 bits per heavy atom. The Morgan fingerprint density at radius 2 is 1.93 bits per heavy atom. The van der Waals surface area contributed by atoms with E-state index in [-0.39, 0.29) is 5.60 Å². The fraction of sp³-hybridized carbons (Fsp3) is 1.00. The first-order chi connectivity index (χ1) is 6.91. The summed E-state index contributed by atoms with van der Waals surface area (Å²) in [6, 6.07) is 1.12. The molecule has 0 N–H and O–H groups in total. The van der Waals surface area contributed by atoms with Crippen LogP contribution in [-0.2, 0) is 8.95 Å². The van der Waals surface area contributed by atoms with E-state index in [0.717, 1.165) is 25.6 Å². The lowest BCUT2D eigenvalue weighted by molar-refractivity contribution is -0.107. The van der Waals surface area contributed by atoms with Crippen molar-refractivity contribution in [1.82, 2.24) is 5.06 Å². The van der Waals surface area contributed by atoms with E-state index in [2.05, 4.69) is 34.2 Å². The minimum atomic E-state index is -1.95. The van der Waals surface area contributed by atoms with Gasteiger partial charge in [0.15, 0.2) is 0 Å². The summed E-state index contributed by atoms with van der Waals surface area (Å²) in [6.07, 6.45) is 2.38. The molecule has 0 spiro atoms. The van der Waals surface area contributed by atoms with E-state index >= 15 is 0 Å². The Hall–Kier alpha value is 0.0969. The molecule has 90 valence electrons. The zero-order valence-electron chi connectivity index (χ0n) is 10.8. The maximum absolute atomic E-state index is 6.17. The lowest BCUT2D eigenvalue weighted by Gasteiger charge is -2.42. The van der Waals surface area contributed by atoms with Crippen LogP contribution in [0.2, 0.25) is 12.6 Å². The molecule has 1 rings (SSSR count). The maximum Gasteiger partial charge on any atom is 0.355 e. The van der Waals surface area contributed by atoms with Crippen LogP contribution in [0.25, 0.3) is 0 Å². The molecular formula is C11H25NO2Si. The van der Waals surface area contributed by atoms with Gasteiger partial charge in [-0.2, -0.15) is 5.06 Å². The van der Waals surface area contributed by atoms with Crippen LogP contribution in [0.1, 0.15) is 40.5 Å². The molecule has 1 fully saturated rings. The topological polar surface area (TPSA) is 21.7 Å². The summed E-state index contributed by atoms with van der Waals surface area (Å²) in [5.74, 6) is 0. The second-order valence-electron chi connectivity index (χ2n) is 5.05. The van der Waals surface area contributed by atoms with Gasteiger partial charge in [0, 0.05) is 13.1 Å². The second-order valence-corrected chi connectivity index (χ2v) is 8.21. The van der Waals surface area contributed by atoms with E-state index in [0.29, 0.717) is 0 Å². The van der Waals surface area contributed by atoms with Crippen molar-refractivity contribution in [3.05, 3.63) is 0 Å². The highest BCUT2D eigenvalue weighted by atomic mass is 28.4. The van der Waals surface area contributed by atoms with Gasteiger partial charge in [0.05, 0.1) is 5.60 Å². The molecule has 0 bridgehead atoms. The summed E-state index contributed by atoms with van der Waals surface area (Å²) in [7, 11) is -1.95. The molecule has 1 unspecified atom stereocenters. The summed E-state index contributed by atoms with van der Waals surface area (Å²) < 4.78 is 12.2. The molecule has 0 aromatic heterocycles. The van der Waals surface area contributed by atoms with Gasteiger partial charge in [-0.3, -0.25) is 0 Å². The van der Waals surface area contributed by atoms with Gasteiger partial charge >= 0.3 is 8.56 Å². The van der Waals surface area contributed by atoms with Gasteiger partial charge in [0.25, 0.3) is 0 Å². The molecule has 0 saturated carbocycles. The molecular weight excluding hydrogens is 206 g/mol. The SMILES string of the molecule is CCN(CC)O[Si]1(C)CCCC(C)(C)O1. The molecule has 0 amide bonds. The van der Waals surface area contributed by atoms with Crippen LogP contribution in [0, 0.1) is 0 Å². The average Bonchev–Trinajstić information content (AvgIpc) is 2.12. The Kier molecular flexibility index (Phi) is 4.35. The predicted octanol–water partition coefficient (Wildman–Crippen LogP) is 2.92. The normalized spacial score (nSPS) is 30.8. The highest BCUT2D eigenvalue weighted by molar-refractivity contribution is 6.66. The molecule has 0 radical (unpaired) electrons. The average molecular weight is 231 g/mol. The Balaban J connectivity index is 2.57. The Labute approximate surface area is 95.0 Å². The fourth-order valence-corrected chi connectivity index (χ4v) is 5.34. The molecule has 1 saturated heterocycles. The van der Waals surface area contributed by atoms with Crippen molar-refractivity contribution < 1.29 is 8.95 Å². The van der Waals surface area contributed by atoms with Crippen LogP contribution in [0.4, 0.5) is 0 Å². The summed E-state index contributed by atoms with van der Waals surface area (Å²) in [6.45, 7) is 12.6. The van der Waals surface area contributed by atoms with Crippen molar-refractivity contribution in [1.29, 1.82) is 0 Å². The molecule has 1 aliphatic rings. The van der Waals surface area contributed by atoms with Crippen LogP contribution in [0.15, 0.2) is 0 Å². The van der Waals surface area contributed by atoms with Crippen molar-refractivity contribution in [3.8, 4) is 0 Å².